The number of carboxylic acid groups (broad SMARTS) is 1. The molecule has 4 aromatic rings. The molecule has 152 valence electrons. The lowest BCUT2D eigenvalue weighted by molar-refractivity contribution is -0.137. The Labute approximate surface area is 172 Å². The number of nitrogens with zero attached hydrogens (tertiary/aromatic N) is 2. The summed E-state index contributed by atoms with van der Waals surface area (Å²) in [6.45, 7) is -0.269. The fourth-order valence-corrected chi connectivity index (χ4v) is 3.93. The summed E-state index contributed by atoms with van der Waals surface area (Å²) in [5.74, 6) is -0.620. The fraction of sp³-hybridized carbons (Fsp3) is 0.0476. The topological polar surface area (TPSA) is 128 Å². The Kier molecular flexibility index (Phi) is 4.98. The van der Waals surface area contributed by atoms with Crippen LogP contribution in [0.25, 0.3) is 34.2 Å². The van der Waals surface area contributed by atoms with Crippen molar-refractivity contribution in [3.05, 3.63) is 72.9 Å². The predicted octanol–water partition coefficient (Wildman–Crippen LogP) is 3.21. The second-order valence-electron chi connectivity index (χ2n) is 6.52. The molecular weight excluding hydrogens is 406 g/mol. The van der Waals surface area contributed by atoms with E-state index in [1.165, 1.54) is 10.6 Å². The van der Waals surface area contributed by atoms with Gasteiger partial charge in [0.25, 0.3) is 0 Å². The van der Waals surface area contributed by atoms with E-state index >= 15 is 0 Å². The summed E-state index contributed by atoms with van der Waals surface area (Å²) in [5.41, 5.74) is 1.86. The molecule has 0 aliphatic heterocycles. The zero-order valence-electron chi connectivity index (χ0n) is 15.6. The highest BCUT2D eigenvalue weighted by Gasteiger charge is 2.24. The van der Waals surface area contributed by atoms with Crippen LogP contribution in [0.5, 0.6) is 0 Å². The molecule has 3 N–H and O–H groups in total. The largest absolute Gasteiger partial charge is 0.480 e. The van der Waals surface area contributed by atoms with Gasteiger partial charge in [0.2, 0.25) is 15.9 Å². The molecule has 0 atom stereocenters. The molecule has 2 heterocycles. The summed E-state index contributed by atoms with van der Waals surface area (Å²) in [6.07, 6.45) is 1.60. The molecule has 0 amide bonds. The molecule has 2 aromatic heterocycles. The van der Waals surface area contributed by atoms with Crippen LogP contribution in [0.2, 0.25) is 0 Å². The van der Waals surface area contributed by atoms with Crippen LogP contribution < -0.4 is 5.14 Å². The third-order valence-electron chi connectivity index (χ3n) is 4.47. The van der Waals surface area contributed by atoms with Gasteiger partial charge >= 0.3 is 5.97 Å². The van der Waals surface area contributed by atoms with E-state index in [4.69, 9.17) is 14.7 Å². The molecule has 9 heteroatoms. The minimum atomic E-state index is -4.02. The molecule has 0 saturated heterocycles. The zero-order chi connectivity index (χ0) is 21.3. The van der Waals surface area contributed by atoms with E-state index in [2.05, 4.69) is 4.98 Å². The van der Waals surface area contributed by atoms with Gasteiger partial charge in [0.15, 0.2) is 5.76 Å². The lowest BCUT2D eigenvalue weighted by atomic mass is 10.1. The van der Waals surface area contributed by atoms with Crippen molar-refractivity contribution in [2.24, 2.45) is 5.14 Å². The SMILES string of the molecule is NS(=O)(=O)c1ccccc1-c1oc(-c2cccn2CC(=O)O)nc1-c1ccccc1. The van der Waals surface area contributed by atoms with Gasteiger partial charge in [-0.1, -0.05) is 42.5 Å². The summed E-state index contributed by atoms with van der Waals surface area (Å²) >= 11 is 0. The standard InChI is InChI=1S/C21H17N3O5S/c22-30(27,28)17-11-5-4-9-15(17)20-19(14-7-2-1-3-8-14)23-21(29-20)16-10-6-12-24(16)13-18(25)26/h1-12H,13H2,(H,25,26)(H2,22,27,28). The molecule has 0 aliphatic rings. The van der Waals surface area contributed by atoms with Crippen molar-refractivity contribution < 1.29 is 22.7 Å². The first-order valence-corrected chi connectivity index (χ1v) is 10.4. The molecule has 8 nitrogen and oxygen atoms in total. The molecular formula is C21H17N3O5S. The molecule has 0 aliphatic carbocycles. The second kappa shape index (κ2) is 7.62. The molecule has 30 heavy (non-hydrogen) atoms. The normalized spacial score (nSPS) is 11.5. The van der Waals surface area contributed by atoms with Crippen LogP contribution in [0.4, 0.5) is 0 Å². The highest BCUT2D eigenvalue weighted by Crippen LogP contribution is 2.38. The average Bonchev–Trinajstić information content (AvgIpc) is 3.34. The number of sulfonamides is 1. The maximum Gasteiger partial charge on any atom is 0.323 e. The van der Waals surface area contributed by atoms with E-state index in [-0.39, 0.29) is 28.7 Å². The molecule has 0 saturated carbocycles. The summed E-state index contributed by atoms with van der Waals surface area (Å²) in [7, 11) is -4.02. The molecule has 0 spiro atoms. The smallest absolute Gasteiger partial charge is 0.323 e. The number of aliphatic carboxylic acids is 1. The fourth-order valence-electron chi connectivity index (χ4n) is 3.20. The Morgan fingerprint density at radius 1 is 1.03 bits per heavy atom. The van der Waals surface area contributed by atoms with E-state index in [9.17, 15) is 13.2 Å². The molecule has 4 rings (SSSR count). The maximum absolute atomic E-state index is 12.1. The number of benzene rings is 2. The van der Waals surface area contributed by atoms with E-state index < -0.39 is 16.0 Å². The zero-order valence-corrected chi connectivity index (χ0v) is 16.4. The first-order chi connectivity index (χ1) is 14.3. The van der Waals surface area contributed by atoms with Gasteiger partial charge in [-0.05, 0) is 24.3 Å². The molecule has 0 bridgehead atoms. The lowest BCUT2D eigenvalue weighted by Crippen LogP contribution is -2.13. The Bertz CT molecular complexity index is 1320. The van der Waals surface area contributed by atoms with Crippen molar-refractivity contribution in [2.75, 3.05) is 0 Å². The van der Waals surface area contributed by atoms with Gasteiger partial charge in [-0.3, -0.25) is 4.79 Å². The molecule has 0 unspecified atom stereocenters. The van der Waals surface area contributed by atoms with Crippen molar-refractivity contribution in [2.45, 2.75) is 11.4 Å². The van der Waals surface area contributed by atoms with Gasteiger partial charge in [0, 0.05) is 17.3 Å². The number of hydrogen-bond acceptors (Lipinski definition) is 5. The van der Waals surface area contributed by atoms with E-state index in [1.54, 1.807) is 36.5 Å². The van der Waals surface area contributed by atoms with Crippen molar-refractivity contribution in [1.29, 1.82) is 0 Å². The number of hydrogen-bond donors (Lipinski definition) is 2. The van der Waals surface area contributed by atoms with Crippen LogP contribution in [0.15, 0.2) is 82.2 Å². The van der Waals surface area contributed by atoms with Gasteiger partial charge in [0.1, 0.15) is 17.9 Å². The lowest BCUT2D eigenvalue weighted by Gasteiger charge is -2.07. The van der Waals surface area contributed by atoms with Crippen LogP contribution in [0, 0.1) is 0 Å². The van der Waals surface area contributed by atoms with Crippen molar-refractivity contribution in [1.82, 2.24) is 9.55 Å². The Morgan fingerprint density at radius 3 is 2.43 bits per heavy atom. The van der Waals surface area contributed by atoms with Gasteiger partial charge < -0.3 is 14.1 Å². The summed E-state index contributed by atoms with van der Waals surface area (Å²) in [6, 6.07) is 18.7. The van der Waals surface area contributed by atoms with E-state index in [0.717, 1.165) is 0 Å². The number of carboxylic acids is 1. The number of carbonyl (C=O) groups is 1. The minimum absolute atomic E-state index is 0.0919. The van der Waals surface area contributed by atoms with Crippen molar-refractivity contribution in [3.8, 4) is 34.2 Å². The van der Waals surface area contributed by atoms with Gasteiger partial charge in [-0.15, -0.1) is 0 Å². The van der Waals surface area contributed by atoms with Crippen LogP contribution in [0.3, 0.4) is 0 Å². The van der Waals surface area contributed by atoms with Crippen LogP contribution in [-0.4, -0.2) is 29.0 Å². The van der Waals surface area contributed by atoms with E-state index in [1.807, 2.05) is 30.3 Å². The second-order valence-corrected chi connectivity index (χ2v) is 8.05. The maximum atomic E-state index is 12.1. The average molecular weight is 423 g/mol. The first kappa shape index (κ1) is 19.6. The first-order valence-electron chi connectivity index (χ1n) is 8.90. The third kappa shape index (κ3) is 3.76. The number of aromatic nitrogens is 2. The van der Waals surface area contributed by atoms with Gasteiger partial charge in [-0.2, -0.15) is 0 Å². The Morgan fingerprint density at radius 2 is 1.73 bits per heavy atom. The number of primary sulfonamides is 1. The minimum Gasteiger partial charge on any atom is -0.480 e. The van der Waals surface area contributed by atoms with Crippen LogP contribution in [-0.2, 0) is 21.4 Å². The number of oxazole rings is 1. The quantitative estimate of drug-likeness (QED) is 0.490. The molecule has 2 aromatic carbocycles. The number of nitrogens with two attached hydrogens (primary N) is 1. The summed E-state index contributed by atoms with van der Waals surface area (Å²) in [4.78, 5) is 15.7. The monoisotopic (exact) mass is 423 g/mol. The Hall–Kier alpha value is -3.69. The third-order valence-corrected chi connectivity index (χ3v) is 5.44. The summed E-state index contributed by atoms with van der Waals surface area (Å²) < 4.78 is 31.8. The Balaban J connectivity index is 1.96. The van der Waals surface area contributed by atoms with Crippen LogP contribution >= 0.6 is 0 Å². The van der Waals surface area contributed by atoms with Crippen LogP contribution in [0.1, 0.15) is 0 Å². The molecule has 0 radical (unpaired) electrons. The highest BCUT2D eigenvalue weighted by atomic mass is 32.2. The highest BCUT2D eigenvalue weighted by molar-refractivity contribution is 7.89. The van der Waals surface area contributed by atoms with E-state index in [0.29, 0.717) is 17.0 Å². The molecule has 0 fully saturated rings. The number of rotatable bonds is 6. The van der Waals surface area contributed by atoms with Gasteiger partial charge in [0.05, 0.1) is 4.90 Å². The van der Waals surface area contributed by atoms with Crippen molar-refractivity contribution >= 4 is 16.0 Å². The van der Waals surface area contributed by atoms with Gasteiger partial charge in [-0.25, -0.2) is 18.5 Å². The van der Waals surface area contributed by atoms with Crippen molar-refractivity contribution in [3.63, 3.8) is 0 Å². The predicted molar refractivity (Wildman–Crippen MR) is 110 cm³/mol. The summed E-state index contributed by atoms with van der Waals surface area (Å²) in [5, 5.41) is 14.6.